The monoisotopic (exact) mass is 295 g/mol. The maximum Gasteiger partial charge on any atom is 0.134 e. The van der Waals surface area contributed by atoms with Crippen LogP contribution in [0, 0.1) is 22.2 Å². The Labute approximate surface area is 130 Å². The van der Waals surface area contributed by atoms with Crippen LogP contribution in [0.25, 0.3) is 11.0 Å². The molecule has 0 N–H and O–H groups in total. The average molecular weight is 295 g/mol. The Morgan fingerprint density at radius 3 is 2.77 bits per heavy atom. The van der Waals surface area contributed by atoms with E-state index in [0.717, 1.165) is 24.0 Å². The molecule has 1 aromatic carbocycles. The molecule has 4 nitrogen and oxygen atoms in total. The summed E-state index contributed by atoms with van der Waals surface area (Å²) in [6, 6.07) is 7.71. The van der Waals surface area contributed by atoms with Crippen molar-refractivity contribution in [3.05, 3.63) is 30.1 Å². The number of carbonyl (C=O) groups is 1. The topological polar surface area (TPSA) is 58.7 Å². The Balaban J connectivity index is 1.95. The van der Waals surface area contributed by atoms with Gasteiger partial charge in [-0.3, -0.25) is 4.79 Å². The largest absolute Gasteiger partial charge is 0.330 e. The zero-order valence-corrected chi connectivity index (χ0v) is 13.4. The van der Waals surface area contributed by atoms with E-state index >= 15 is 0 Å². The van der Waals surface area contributed by atoms with Gasteiger partial charge < -0.3 is 4.57 Å². The van der Waals surface area contributed by atoms with Crippen LogP contribution < -0.4 is 0 Å². The number of hydrogen-bond acceptors (Lipinski definition) is 3. The summed E-state index contributed by atoms with van der Waals surface area (Å²) in [6.45, 7) is 7.28. The van der Waals surface area contributed by atoms with Crippen LogP contribution in [0.1, 0.15) is 45.6 Å². The second kappa shape index (κ2) is 4.95. The van der Waals surface area contributed by atoms with Gasteiger partial charge in [-0.25, -0.2) is 4.98 Å². The number of nitriles is 1. The van der Waals surface area contributed by atoms with E-state index in [4.69, 9.17) is 5.26 Å². The molecular formula is C18H21N3O. The normalized spacial score (nSPS) is 24.4. The van der Waals surface area contributed by atoms with Crippen molar-refractivity contribution in [1.29, 1.82) is 5.26 Å². The lowest BCUT2D eigenvalue weighted by atomic mass is 9.64. The number of ketones is 1. The minimum Gasteiger partial charge on any atom is -0.330 e. The molecule has 1 saturated carbocycles. The molecule has 0 spiro atoms. The van der Waals surface area contributed by atoms with E-state index in [-0.39, 0.29) is 10.8 Å². The molecule has 1 fully saturated rings. The Hall–Kier alpha value is -2.15. The summed E-state index contributed by atoms with van der Waals surface area (Å²) in [5.41, 5.74) is 2.49. The van der Waals surface area contributed by atoms with Gasteiger partial charge in [0.25, 0.3) is 0 Å². The number of rotatable bonds is 2. The first-order valence-electron chi connectivity index (χ1n) is 7.67. The molecule has 0 aliphatic heterocycles. The second-order valence-electron chi connectivity index (χ2n) is 7.73. The number of nitrogens with zero attached hydrogens (tertiary/aromatic N) is 3. The minimum absolute atomic E-state index is 0.0539. The summed E-state index contributed by atoms with van der Waals surface area (Å²) in [4.78, 5) is 16.5. The van der Waals surface area contributed by atoms with Gasteiger partial charge in [-0.1, -0.05) is 20.8 Å². The molecule has 3 rings (SSSR count). The number of hydrogen-bond donors (Lipinski definition) is 0. The van der Waals surface area contributed by atoms with Gasteiger partial charge in [-0.2, -0.15) is 5.26 Å². The second-order valence-corrected chi connectivity index (χ2v) is 7.73. The predicted octanol–water partition coefficient (Wildman–Crippen LogP) is 3.69. The molecule has 114 valence electrons. The lowest BCUT2D eigenvalue weighted by Crippen LogP contribution is -2.38. The van der Waals surface area contributed by atoms with Gasteiger partial charge in [0, 0.05) is 19.4 Å². The first-order chi connectivity index (χ1) is 10.3. The van der Waals surface area contributed by atoms with E-state index in [1.807, 2.05) is 18.5 Å². The molecule has 0 saturated heterocycles. The first kappa shape index (κ1) is 14.8. The molecule has 1 aliphatic carbocycles. The van der Waals surface area contributed by atoms with Crippen LogP contribution in [0.5, 0.6) is 0 Å². The Kier molecular flexibility index (Phi) is 3.32. The van der Waals surface area contributed by atoms with Crippen LogP contribution in [0.4, 0.5) is 0 Å². The molecule has 0 bridgehead atoms. The number of carbonyl (C=O) groups excluding carboxylic acids is 1. The molecule has 1 aromatic heterocycles. The summed E-state index contributed by atoms with van der Waals surface area (Å²) in [6.07, 6.45) is 4.13. The van der Waals surface area contributed by atoms with Crippen molar-refractivity contribution >= 4 is 16.8 Å². The van der Waals surface area contributed by atoms with Gasteiger partial charge in [0.05, 0.1) is 29.0 Å². The van der Waals surface area contributed by atoms with Crippen molar-refractivity contribution in [3.63, 3.8) is 0 Å². The highest BCUT2D eigenvalue weighted by atomic mass is 16.1. The third-order valence-electron chi connectivity index (χ3n) is 4.51. The smallest absolute Gasteiger partial charge is 0.134 e. The fourth-order valence-electron chi connectivity index (χ4n) is 4.13. The van der Waals surface area contributed by atoms with Crippen LogP contribution in [0.3, 0.4) is 0 Å². The quantitative estimate of drug-likeness (QED) is 0.849. The molecule has 1 atom stereocenters. The highest BCUT2D eigenvalue weighted by Gasteiger charge is 2.40. The predicted molar refractivity (Wildman–Crippen MR) is 85.2 cm³/mol. The van der Waals surface area contributed by atoms with Gasteiger partial charge in [0.15, 0.2) is 0 Å². The van der Waals surface area contributed by atoms with Crippen molar-refractivity contribution in [2.75, 3.05) is 0 Å². The summed E-state index contributed by atoms with van der Waals surface area (Å²) < 4.78 is 2.09. The minimum atomic E-state index is -0.0604. The molecule has 1 heterocycles. The highest BCUT2D eigenvalue weighted by Crippen LogP contribution is 2.45. The zero-order valence-electron chi connectivity index (χ0n) is 13.4. The van der Waals surface area contributed by atoms with Crippen LogP contribution in [0.15, 0.2) is 24.5 Å². The van der Waals surface area contributed by atoms with Gasteiger partial charge in [0.1, 0.15) is 5.78 Å². The molecule has 22 heavy (non-hydrogen) atoms. The molecule has 2 aromatic rings. The Morgan fingerprint density at radius 2 is 2.09 bits per heavy atom. The molecule has 4 heteroatoms. The molecule has 0 radical (unpaired) electrons. The Bertz CT molecular complexity index is 781. The molecule has 1 aliphatic rings. The summed E-state index contributed by atoms with van der Waals surface area (Å²) in [7, 11) is 0. The number of imidazole rings is 1. The maximum atomic E-state index is 12.1. The molecular weight excluding hydrogens is 274 g/mol. The average Bonchev–Trinajstić information content (AvgIpc) is 2.77. The van der Waals surface area contributed by atoms with E-state index in [2.05, 4.69) is 36.4 Å². The van der Waals surface area contributed by atoms with Gasteiger partial charge >= 0.3 is 0 Å². The SMILES string of the molecule is CC1(C)CC(=O)C[C@](C)(Cn2cnc3ccc(C#N)cc32)C1. The summed E-state index contributed by atoms with van der Waals surface area (Å²) >= 11 is 0. The fourth-order valence-corrected chi connectivity index (χ4v) is 4.13. The first-order valence-corrected chi connectivity index (χ1v) is 7.67. The zero-order chi connectivity index (χ0) is 16.0. The van der Waals surface area contributed by atoms with Gasteiger partial charge in [-0.05, 0) is 35.4 Å². The van der Waals surface area contributed by atoms with E-state index in [1.165, 1.54) is 0 Å². The van der Waals surface area contributed by atoms with Gasteiger partial charge in [0.2, 0.25) is 0 Å². The molecule has 0 unspecified atom stereocenters. The van der Waals surface area contributed by atoms with E-state index in [1.54, 1.807) is 6.07 Å². The van der Waals surface area contributed by atoms with Crippen molar-refractivity contribution in [2.45, 2.75) is 46.6 Å². The number of benzene rings is 1. The van der Waals surface area contributed by atoms with Crippen LogP contribution in [0.2, 0.25) is 0 Å². The number of fused-ring (bicyclic) bond motifs is 1. The number of Topliss-reactive ketones (excluding diaryl/α,β-unsaturated/α-hetero) is 1. The third-order valence-corrected chi connectivity index (χ3v) is 4.51. The van der Waals surface area contributed by atoms with Crippen molar-refractivity contribution < 1.29 is 4.79 Å². The van der Waals surface area contributed by atoms with Crippen molar-refractivity contribution in [1.82, 2.24) is 9.55 Å². The number of aromatic nitrogens is 2. The molecule has 0 amide bonds. The van der Waals surface area contributed by atoms with Crippen LogP contribution in [-0.4, -0.2) is 15.3 Å². The maximum absolute atomic E-state index is 12.1. The highest BCUT2D eigenvalue weighted by molar-refractivity contribution is 5.81. The fraction of sp³-hybridized carbons (Fsp3) is 0.500. The third kappa shape index (κ3) is 2.76. The summed E-state index contributed by atoms with van der Waals surface area (Å²) in [5.74, 6) is 0.348. The van der Waals surface area contributed by atoms with Crippen LogP contribution in [-0.2, 0) is 11.3 Å². The summed E-state index contributed by atoms with van der Waals surface area (Å²) in [5, 5.41) is 9.08. The lowest BCUT2D eigenvalue weighted by molar-refractivity contribution is -0.128. The van der Waals surface area contributed by atoms with E-state index in [0.29, 0.717) is 24.2 Å². The standard InChI is InChI=1S/C18H21N3O/c1-17(2)7-14(22)8-18(3,10-17)11-21-12-20-15-5-4-13(9-19)6-16(15)21/h4-6,12H,7-8,10-11H2,1-3H3/t18-/m0/s1. The van der Waals surface area contributed by atoms with Crippen molar-refractivity contribution in [3.8, 4) is 6.07 Å². The Morgan fingerprint density at radius 1 is 1.32 bits per heavy atom. The van der Waals surface area contributed by atoms with Crippen LogP contribution >= 0.6 is 0 Å². The van der Waals surface area contributed by atoms with E-state index < -0.39 is 0 Å². The van der Waals surface area contributed by atoms with Crippen molar-refractivity contribution in [2.24, 2.45) is 10.8 Å². The van der Waals surface area contributed by atoms with Gasteiger partial charge in [-0.15, -0.1) is 0 Å². The van der Waals surface area contributed by atoms with E-state index in [9.17, 15) is 4.79 Å². The lowest BCUT2D eigenvalue weighted by Gasteiger charge is -2.42.